The normalized spacial score (nSPS) is 16.5. The number of aryl methyl sites for hydroxylation is 1. The highest BCUT2D eigenvalue weighted by molar-refractivity contribution is 5.96. The van der Waals surface area contributed by atoms with E-state index in [9.17, 15) is 14.7 Å². The predicted molar refractivity (Wildman–Crippen MR) is 84.0 cm³/mol. The lowest BCUT2D eigenvalue weighted by atomic mass is 9.90. The third-order valence-electron chi connectivity index (χ3n) is 4.13. The van der Waals surface area contributed by atoms with Crippen LogP contribution in [-0.2, 0) is 9.53 Å². The van der Waals surface area contributed by atoms with Gasteiger partial charge in [0.2, 0.25) is 0 Å². The minimum atomic E-state index is -1.32. The van der Waals surface area contributed by atoms with Crippen LogP contribution in [-0.4, -0.2) is 50.7 Å². The number of rotatable bonds is 4. The van der Waals surface area contributed by atoms with E-state index in [1.54, 1.807) is 0 Å². The van der Waals surface area contributed by atoms with Crippen molar-refractivity contribution in [1.82, 2.24) is 20.3 Å². The van der Waals surface area contributed by atoms with Crippen LogP contribution in [0.1, 0.15) is 28.9 Å². The Bertz CT molecular complexity index is 748. The fourth-order valence-electron chi connectivity index (χ4n) is 2.59. The first kappa shape index (κ1) is 16.1. The van der Waals surface area contributed by atoms with E-state index in [2.05, 4.69) is 15.6 Å². The number of hydrogen-bond donors (Lipinski definition) is 2. The average molecular weight is 330 g/mol. The van der Waals surface area contributed by atoms with Gasteiger partial charge in [-0.1, -0.05) is 22.9 Å². The Kier molecular flexibility index (Phi) is 4.30. The predicted octanol–water partition coefficient (Wildman–Crippen LogP) is 0.939. The summed E-state index contributed by atoms with van der Waals surface area (Å²) >= 11 is 0. The number of carbonyl (C=O) groups excluding carboxylic acids is 1. The van der Waals surface area contributed by atoms with Crippen LogP contribution in [0.3, 0.4) is 0 Å². The fraction of sp³-hybridized carbons (Fsp3) is 0.375. The van der Waals surface area contributed by atoms with Crippen LogP contribution < -0.4 is 5.32 Å². The Labute approximate surface area is 138 Å². The molecule has 1 aromatic heterocycles. The second-order valence-electron chi connectivity index (χ2n) is 5.84. The van der Waals surface area contributed by atoms with E-state index >= 15 is 0 Å². The van der Waals surface area contributed by atoms with Gasteiger partial charge in [0.25, 0.3) is 5.91 Å². The molecule has 8 nitrogen and oxygen atoms in total. The first-order valence-corrected chi connectivity index (χ1v) is 7.63. The van der Waals surface area contributed by atoms with Gasteiger partial charge in [0, 0.05) is 26.1 Å². The highest BCUT2D eigenvalue weighted by atomic mass is 16.5. The van der Waals surface area contributed by atoms with E-state index in [0.717, 1.165) is 11.3 Å². The number of carbonyl (C=O) groups is 2. The van der Waals surface area contributed by atoms with Crippen molar-refractivity contribution in [3.8, 4) is 5.69 Å². The number of hydrogen-bond acceptors (Lipinski definition) is 5. The molecule has 0 spiro atoms. The van der Waals surface area contributed by atoms with Crippen molar-refractivity contribution in [3.63, 3.8) is 0 Å². The zero-order chi connectivity index (χ0) is 17.2. The summed E-state index contributed by atoms with van der Waals surface area (Å²) in [7, 11) is 0. The van der Waals surface area contributed by atoms with Crippen LogP contribution >= 0.6 is 0 Å². The molecule has 2 heterocycles. The fourth-order valence-corrected chi connectivity index (χ4v) is 2.59. The molecule has 126 valence electrons. The minimum absolute atomic E-state index is 0.0719. The minimum Gasteiger partial charge on any atom is -0.480 e. The lowest BCUT2D eigenvalue weighted by Gasteiger charge is -2.33. The molecule has 1 saturated heterocycles. The summed E-state index contributed by atoms with van der Waals surface area (Å²) in [6, 6.07) is 7.59. The highest BCUT2D eigenvalue weighted by Gasteiger charge is 2.42. The number of aromatic nitrogens is 3. The summed E-state index contributed by atoms with van der Waals surface area (Å²) in [5.74, 6) is -1.62. The first-order valence-electron chi connectivity index (χ1n) is 7.63. The summed E-state index contributed by atoms with van der Waals surface area (Å²) < 4.78 is 6.67. The smallest absolute Gasteiger partial charge is 0.329 e. The number of carboxylic acid groups (broad SMARTS) is 1. The van der Waals surface area contributed by atoms with E-state index in [0.29, 0.717) is 13.2 Å². The molecule has 1 aromatic carbocycles. The highest BCUT2D eigenvalue weighted by Crippen LogP contribution is 2.21. The van der Waals surface area contributed by atoms with Crippen molar-refractivity contribution in [1.29, 1.82) is 0 Å². The third kappa shape index (κ3) is 3.13. The van der Waals surface area contributed by atoms with Crippen molar-refractivity contribution in [2.24, 2.45) is 0 Å². The molecule has 3 rings (SSSR count). The Balaban J connectivity index is 1.78. The summed E-state index contributed by atoms with van der Waals surface area (Å²) in [4.78, 5) is 24.0. The molecule has 2 N–H and O–H groups in total. The van der Waals surface area contributed by atoms with Crippen molar-refractivity contribution in [2.45, 2.75) is 25.3 Å². The van der Waals surface area contributed by atoms with Crippen LogP contribution in [0, 0.1) is 6.92 Å². The number of nitrogens with zero attached hydrogens (tertiary/aromatic N) is 3. The van der Waals surface area contributed by atoms with Crippen molar-refractivity contribution >= 4 is 11.9 Å². The molecule has 8 heteroatoms. The first-order chi connectivity index (χ1) is 11.5. The quantitative estimate of drug-likeness (QED) is 0.864. The van der Waals surface area contributed by atoms with Gasteiger partial charge in [-0.15, -0.1) is 5.10 Å². The number of nitrogens with one attached hydrogen (secondary N) is 1. The Morgan fingerprint density at radius 3 is 2.54 bits per heavy atom. The number of amides is 1. The summed E-state index contributed by atoms with van der Waals surface area (Å²) in [6.07, 6.45) is 1.93. The molecule has 0 saturated carbocycles. The van der Waals surface area contributed by atoms with Crippen LogP contribution in [0.15, 0.2) is 30.5 Å². The van der Waals surface area contributed by atoms with Crippen LogP contribution in [0.25, 0.3) is 5.69 Å². The SMILES string of the molecule is Cc1ccc(-n2cc(C(=O)NC3(C(=O)O)CCOCC3)nn2)cc1. The van der Waals surface area contributed by atoms with E-state index < -0.39 is 17.4 Å². The Hall–Kier alpha value is -2.74. The maximum Gasteiger partial charge on any atom is 0.329 e. The lowest BCUT2D eigenvalue weighted by molar-refractivity contribution is -0.148. The topological polar surface area (TPSA) is 106 Å². The van der Waals surface area contributed by atoms with Crippen molar-refractivity contribution in [2.75, 3.05) is 13.2 Å². The molecule has 1 amide bonds. The standard InChI is InChI=1S/C16H18N4O4/c1-11-2-4-12(5-3-11)20-10-13(18-19-20)14(21)17-16(15(22)23)6-8-24-9-7-16/h2-5,10H,6-9H2,1H3,(H,17,21)(H,22,23). The maximum absolute atomic E-state index is 12.4. The summed E-state index contributed by atoms with van der Waals surface area (Å²) in [5, 5.41) is 19.8. The van der Waals surface area contributed by atoms with Gasteiger partial charge in [-0.05, 0) is 19.1 Å². The van der Waals surface area contributed by atoms with Gasteiger partial charge < -0.3 is 15.2 Å². The van der Waals surface area contributed by atoms with Crippen LogP contribution in [0.5, 0.6) is 0 Å². The maximum atomic E-state index is 12.4. The molecule has 0 radical (unpaired) electrons. The van der Waals surface area contributed by atoms with Gasteiger partial charge >= 0.3 is 5.97 Å². The zero-order valence-corrected chi connectivity index (χ0v) is 13.2. The molecular formula is C16H18N4O4. The Morgan fingerprint density at radius 2 is 1.92 bits per heavy atom. The van der Waals surface area contributed by atoms with Crippen molar-refractivity contribution < 1.29 is 19.4 Å². The van der Waals surface area contributed by atoms with Gasteiger partial charge in [0.1, 0.15) is 5.54 Å². The molecule has 2 aromatic rings. The van der Waals surface area contributed by atoms with E-state index in [-0.39, 0.29) is 18.5 Å². The third-order valence-corrected chi connectivity index (χ3v) is 4.13. The van der Waals surface area contributed by atoms with Gasteiger partial charge in [0.05, 0.1) is 11.9 Å². The van der Waals surface area contributed by atoms with E-state index in [4.69, 9.17) is 4.74 Å². The molecular weight excluding hydrogens is 312 g/mol. The molecule has 0 aliphatic carbocycles. The molecule has 0 unspecified atom stereocenters. The molecule has 1 aliphatic rings. The molecule has 0 bridgehead atoms. The Morgan fingerprint density at radius 1 is 1.25 bits per heavy atom. The summed E-state index contributed by atoms with van der Waals surface area (Å²) in [6.45, 7) is 2.56. The molecule has 24 heavy (non-hydrogen) atoms. The number of ether oxygens (including phenoxy) is 1. The monoisotopic (exact) mass is 330 g/mol. The molecule has 0 atom stereocenters. The molecule has 1 fully saturated rings. The molecule has 1 aliphatic heterocycles. The van der Waals surface area contributed by atoms with Gasteiger partial charge in [-0.25, -0.2) is 9.48 Å². The van der Waals surface area contributed by atoms with Crippen molar-refractivity contribution in [3.05, 3.63) is 41.7 Å². The van der Waals surface area contributed by atoms with E-state index in [1.807, 2.05) is 31.2 Å². The van der Waals surface area contributed by atoms with Crippen LogP contribution in [0.4, 0.5) is 0 Å². The number of aliphatic carboxylic acids is 1. The number of benzene rings is 1. The zero-order valence-electron chi connectivity index (χ0n) is 13.2. The van der Waals surface area contributed by atoms with Gasteiger partial charge in [-0.2, -0.15) is 0 Å². The average Bonchev–Trinajstić information content (AvgIpc) is 3.06. The summed E-state index contributed by atoms with van der Waals surface area (Å²) in [5.41, 5.74) is 0.636. The van der Waals surface area contributed by atoms with Gasteiger partial charge in [0.15, 0.2) is 5.69 Å². The lowest BCUT2D eigenvalue weighted by Crippen LogP contribution is -2.57. The van der Waals surface area contributed by atoms with Gasteiger partial charge in [-0.3, -0.25) is 4.79 Å². The number of carboxylic acids is 1. The second kappa shape index (κ2) is 6.40. The van der Waals surface area contributed by atoms with Crippen LogP contribution in [0.2, 0.25) is 0 Å². The largest absolute Gasteiger partial charge is 0.480 e. The second-order valence-corrected chi connectivity index (χ2v) is 5.84. The van der Waals surface area contributed by atoms with E-state index in [1.165, 1.54) is 10.9 Å².